The summed E-state index contributed by atoms with van der Waals surface area (Å²) >= 11 is 0. The molecule has 2 amide bonds. The van der Waals surface area contributed by atoms with Crippen molar-refractivity contribution < 1.29 is 23.7 Å². The van der Waals surface area contributed by atoms with E-state index in [1.165, 1.54) is 11.0 Å². The minimum absolute atomic E-state index is 0.110. The lowest BCUT2D eigenvalue weighted by atomic mass is 9.98. The van der Waals surface area contributed by atoms with E-state index in [-0.39, 0.29) is 30.7 Å². The average Bonchev–Trinajstić information content (AvgIpc) is 3.04. The molecule has 1 fully saturated rings. The summed E-state index contributed by atoms with van der Waals surface area (Å²) in [7, 11) is 1.56. The van der Waals surface area contributed by atoms with Gasteiger partial charge in [0.15, 0.2) is 5.76 Å². The maximum absolute atomic E-state index is 12.2. The monoisotopic (exact) mass is 345 g/mol. The van der Waals surface area contributed by atoms with Gasteiger partial charge in [-0.05, 0) is 30.3 Å². The van der Waals surface area contributed by atoms with Crippen molar-refractivity contribution in [2.45, 2.75) is 0 Å². The van der Waals surface area contributed by atoms with Gasteiger partial charge in [0, 0.05) is 18.8 Å². The zero-order chi connectivity index (χ0) is 18.0. The predicted molar refractivity (Wildman–Crippen MR) is 86.4 cm³/mol. The van der Waals surface area contributed by atoms with Gasteiger partial charge in [-0.1, -0.05) is 0 Å². The van der Waals surface area contributed by atoms with Gasteiger partial charge in [-0.2, -0.15) is 0 Å². The molecule has 1 aromatic heterocycles. The number of nitrogens with one attached hydrogen (secondary N) is 1. The average molecular weight is 345 g/mol. The van der Waals surface area contributed by atoms with E-state index in [0.29, 0.717) is 11.4 Å². The molecule has 25 heavy (non-hydrogen) atoms. The van der Waals surface area contributed by atoms with E-state index in [1.807, 2.05) is 0 Å². The topological polar surface area (TPSA) is 115 Å². The van der Waals surface area contributed by atoms with Gasteiger partial charge in [-0.15, -0.1) is 0 Å². The van der Waals surface area contributed by atoms with E-state index < -0.39 is 16.7 Å². The molecule has 2 aromatic rings. The van der Waals surface area contributed by atoms with E-state index in [9.17, 15) is 19.7 Å². The molecule has 0 spiro atoms. The Morgan fingerprint density at radius 3 is 2.48 bits per heavy atom. The third kappa shape index (κ3) is 3.44. The number of ether oxygens (including phenoxy) is 1. The zero-order valence-corrected chi connectivity index (χ0v) is 13.3. The minimum Gasteiger partial charge on any atom is -0.497 e. The minimum atomic E-state index is -0.710. The molecule has 1 aromatic carbocycles. The molecule has 0 aliphatic carbocycles. The molecule has 0 radical (unpaired) electrons. The zero-order valence-electron chi connectivity index (χ0n) is 13.3. The summed E-state index contributed by atoms with van der Waals surface area (Å²) in [4.78, 5) is 35.5. The lowest BCUT2D eigenvalue weighted by Crippen LogP contribution is -2.54. The highest BCUT2D eigenvalue weighted by Gasteiger charge is 2.37. The number of methoxy groups -OCH3 is 1. The molecular weight excluding hydrogens is 330 g/mol. The van der Waals surface area contributed by atoms with E-state index in [0.717, 1.165) is 6.07 Å². The first-order chi connectivity index (χ1) is 12.0. The summed E-state index contributed by atoms with van der Waals surface area (Å²) in [5.41, 5.74) is 0.636. The number of anilines is 1. The van der Waals surface area contributed by atoms with E-state index in [2.05, 4.69) is 5.32 Å². The number of nitrogens with zero attached hydrogens (tertiary/aromatic N) is 2. The molecular formula is C16H15N3O6. The SMILES string of the molecule is COc1ccc(NC(=O)C2CN(C(=O)c3ccc([N+](=O)[O-])o3)C2)cc1. The normalized spacial score (nSPS) is 13.9. The number of likely N-dealkylation sites (tertiary alicyclic amines) is 1. The molecule has 0 bridgehead atoms. The van der Waals surface area contributed by atoms with Crippen molar-refractivity contribution in [1.82, 2.24) is 4.90 Å². The molecule has 0 saturated carbocycles. The van der Waals surface area contributed by atoms with E-state index >= 15 is 0 Å². The molecule has 1 N–H and O–H groups in total. The van der Waals surface area contributed by atoms with Crippen LogP contribution in [0.15, 0.2) is 40.8 Å². The smallest absolute Gasteiger partial charge is 0.433 e. The number of amides is 2. The fourth-order valence-corrected chi connectivity index (χ4v) is 2.43. The second kappa shape index (κ2) is 6.63. The van der Waals surface area contributed by atoms with Gasteiger partial charge in [0.1, 0.15) is 10.7 Å². The molecule has 1 saturated heterocycles. The van der Waals surface area contributed by atoms with Gasteiger partial charge < -0.3 is 19.4 Å². The summed E-state index contributed by atoms with van der Waals surface area (Å²) in [5.74, 6) is -0.915. The lowest BCUT2D eigenvalue weighted by Gasteiger charge is -2.37. The van der Waals surface area contributed by atoms with Crippen LogP contribution in [0, 0.1) is 16.0 Å². The van der Waals surface area contributed by atoms with Crippen LogP contribution in [0.2, 0.25) is 0 Å². The van der Waals surface area contributed by atoms with Crippen LogP contribution in [0.4, 0.5) is 11.6 Å². The summed E-state index contributed by atoms with van der Waals surface area (Å²) in [6.07, 6.45) is 0. The van der Waals surface area contributed by atoms with Crippen LogP contribution in [0.25, 0.3) is 0 Å². The molecule has 1 aliphatic heterocycles. The van der Waals surface area contributed by atoms with Crippen molar-refractivity contribution in [3.05, 3.63) is 52.3 Å². The Hall–Kier alpha value is -3.36. The van der Waals surface area contributed by atoms with Crippen LogP contribution in [0.3, 0.4) is 0 Å². The van der Waals surface area contributed by atoms with Crippen LogP contribution < -0.4 is 10.1 Å². The van der Waals surface area contributed by atoms with Crippen molar-refractivity contribution in [2.24, 2.45) is 5.92 Å². The molecule has 9 nitrogen and oxygen atoms in total. The first kappa shape index (κ1) is 16.5. The van der Waals surface area contributed by atoms with Crippen LogP contribution in [-0.2, 0) is 4.79 Å². The highest BCUT2D eigenvalue weighted by Crippen LogP contribution is 2.24. The van der Waals surface area contributed by atoms with E-state index in [4.69, 9.17) is 9.15 Å². The van der Waals surface area contributed by atoms with Gasteiger partial charge in [0.05, 0.1) is 19.1 Å². The van der Waals surface area contributed by atoms with Crippen molar-refractivity contribution in [2.75, 3.05) is 25.5 Å². The van der Waals surface area contributed by atoms with Crippen LogP contribution in [0.1, 0.15) is 10.6 Å². The maximum atomic E-state index is 12.2. The Morgan fingerprint density at radius 2 is 1.92 bits per heavy atom. The largest absolute Gasteiger partial charge is 0.497 e. The fourth-order valence-electron chi connectivity index (χ4n) is 2.43. The Balaban J connectivity index is 1.53. The molecule has 1 aliphatic rings. The summed E-state index contributed by atoms with van der Waals surface area (Å²) < 4.78 is 9.92. The number of hydrogen-bond acceptors (Lipinski definition) is 6. The van der Waals surface area contributed by atoms with Crippen LogP contribution in [-0.4, -0.2) is 41.8 Å². The van der Waals surface area contributed by atoms with Crippen molar-refractivity contribution >= 4 is 23.4 Å². The summed E-state index contributed by atoms with van der Waals surface area (Å²) in [6, 6.07) is 9.29. The number of rotatable bonds is 5. The number of nitro groups is 1. The maximum Gasteiger partial charge on any atom is 0.433 e. The third-order valence-corrected chi connectivity index (χ3v) is 3.88. The number of furan rings is 1. The number of carbonyl (C=O) groups is 2. The van der Waals surface area contributed by atoms with Crippen molar-refractivity contribution in [1.29, 1.82) is 0 Å². The number of carbonyl (C=O) groups excluding carboxylic acids is 2. The third-order valence-electron chi connectivity index (χ3n) is 3.88. The lowest BCUT2D eigenvalue weighted by molar-refractivity contribution is -0.402. The second-order valence-electron chi connectivity index (χ2n) is 5.52. The highest BCUT2D eigenvalue weighted by molar-refractivity contribution is 5.97. The quantitative estimate of drug-likeness (QED) is 0.654. The molecule has 0 unspecified atom stereocenters. The first-order valence-corrected chi connectivity index (χ1v) is 7.46. The predicted octanol–water partition coefficient (Wildman–Crippen LogP) is 1.91. The Bertz CT molecular complexity index is 808. The summed E-state index contributed by atoms with van der Waals surface area (Å²) in [5, 5.41) is 13.3. The highest BCUT2D eigenvalue weighted by atomic mass is 16.6. The second-order valence-corrected chi connectivity index (χ2v) is 5.52. The van der Waals surface area contributed by atoms with E-state index in [1.54, 1.807) is 31.4 Å². The van der Waals surface area contributed by atoms with Crippen LogP contribution >= 0.6 is 0 Å². The van der Waals surface area contributed by atoms with Gasteiger partial charge in [-0.25, -0.2) is 0 Å². The van der Waals surface area contributed by atoms with Gasteiger partial charge >= 0.3 is 5.88 Å². The Morgan fingerprint density at radius 1 is 1.24 bits per heavy atom. The standard InChI is InChI=1S/C16H15N3O6/c1-24-12-4-2-11(3-5-12)17-15(20)10-8-18(9-10)16(21)13-6-7-14(25-13)19(22)23/h2-7,10H,8-9H2,1H3,(H,17,20). The first-order valence-electron chi connectivity index (χ1n) is 7.46. The number of benzene rings is 1. The Labute approximate surface area is 142 Å². The fraction of sp³-hybridized carbons (Fsp3) is 0.250. The Kier molecular flexibility index (Phi) is 4.38. The molecule has 3 rings (SSSR count). The van der Waals surface area contributed by atoms with Gasteiger partial charge in [0.2, 0.25) is 5.91 Å². The van der Waals surface area contributed by atoms with Crippen LogP contribution in [0.5, 0.6) is 5.75 Å². The molecule has 2 heterocycles. The number of hydrogen-bond donors (Lipinski definition) is 1. The summed E-state index contributed by atoms with van der Waals surface area (Å²) in [6.45, 7) is 0.463. The van der Waals surface area contributed by atoms with Gasteiger partial charge in [0.25, 0.3) is 5.91 Å². The van der Waals surface area contributed by atoms with Crippen molar-refractivity contribution in [3.8, 4) is 5.75 Å². The molecule has 0 atom stereocenters. The van der Waals surface area contributed by atoms with Gasteiger partial charge in [-0.3, -0.25) is 19.7 Å². The van der Waals surface area contributed by atoms with Crippen molar-refractivity contribution in [3.63, 3.8) is 0 Å². The molecule has 9 heteroatoms. The molecule has 130 valence electrons.